The molecular formula is C37H45N. The highest BCUT2D eigenvalue weighted by atomic mass is 15.2. The summed E-state index contributed by atoms with van der Waals surface area (Å²) < 4.78 is 0. The first-order valence-corrected chi connectivity index (χ1v) is 14.6. The molecule has 38 heavy (non-hydrogen) atoms. The third-order valence-electron chi connectivity index (χ3n) is 7.86. The minimum atomic E-state index is -0.0442. The second-order valence-corrected chi connectivity index (χ2v) is 11.2. The molecule has 0 heterocycles. The van der Waals surface area contributed by atoms with Crippen LogP contribution in [0.15, 0.2) is 121 Å². The highest BCUT2D eigenvalue weighted by Crippen LogP contribution is 2.45. The maximum Gasteiger partial charge on any atom is 0.0615 e. The average Bonchev–Trinajstić information content (AvgIpc) is 2.97. The highest BCUT2D eigenvalue weighted by Gasteiger charge is 2.40. The molecule has 0 atom stereocenters. The van der Waals surface area contributed by atoms with Crippen LogP contribution in [0.1, 0.15) is 100 Å². The molecule has 0 aliphatic rings. The summed E-state index contributed by atoms with van der Waals surface area (Å²) in [5, 5.41) is 0. The molecule has 0 aliphatic carbocycles. The molecule has 4 aromatic carbocycles. The van der Waals surface area contributed by atoms with Crippen molar-refractivity contribution in [2.75, 3.05) is 0 Å². The fourth-order valence-corrected chi connectivity index (χ4v) is 5.88. The molecule has 198 valence electrons. The molecular weight excluding hydrogens is 458 g/mol. The van der Waals surface area contributed by atoms with E-state index in [0.717, 1.165) is 6.42 Å². The Bertz CT molecular complexity index is 1010. The Kier molecular flexibility index (Phi) is 10.4. The molecule has 4 rings (SSSR count). The van der Waals surface area contributed by atoms with Crippen molar-refractivity contribution >= 4 is 0 Å². The van der Waals surface area contributed by atoms with Crippen molar-refractivity contribution in [2.24, 2.45) is 0 Å². The van der Waals surface area contributed by atoms with Gasteiger partial charge in [0.2, 0.25) is 0 Å². The topological polar surface area (TPSA) is 3.24 Å². The van der Waals surface area contributed by atoms with Crippen molar-refractivity contribution in [1.82, 2.24) is 4.90 Å². The summed E-state index contributed by atoms with van der Waals surface area (Å²) in [6.07, 6.45) is 9.05. The third kappa shape index (κ3) is 7.23. The molecule has 0 aliphatic heterocycles. The lowest BCUT2D eigenvalue weighted by molar-refractivity contribution is 0.0434. The van der Waals surface area contributed by atoms with E-state index in [0.29, 0.717) is 0 Å². The zero-order valence-corrected chi connectivity index (χ0v) is 23.6. The lowest BCUT2D eigenvalue weighted by Crippen LogP contribution is -2.49. The monoisotopic (exact) mass is 503 g/mol. The molecule has 0 radical (unpaired) electrons. The molecule has 4 aromatic rings. The van der Waals surface area contributed by atoms with Crippen molar-refractivity contribution in [3.8, 4) is 0 Å². The SMILES string of the molecule is CCCCCCCCC(C)(C)N(C(c1ccccc1)c1ccccc1)C(c1ccccc1)c1ccccc1. The first-order chi connectivity index (χ1) is 18.6. The van der Waals surface area contributed by atoms with Crippen LogP contribution < -0.4 is 0 Å². The van der Waals surface area contributed by atoms with Gasteiger partial charge in [0.05, 0.1) is 12.1 Å². The Morgan fingerprint density at radius 3 is 1.13 bits per heavy atom. The molecule has 0 saturated carbocycles. The van der Waals surface area contributed by atoms with Crippen molar-refractivity contribution in [2.45, 2.75) is 83.3 Å². The van der Waals surface area contributed by atoms with Gasteiger partial charge in [-0.05, 0) is 42.5 Å². The number of unbranched alkanes of at least 4 members (excludes halogenated alkanes) is 5. The van der Waals surface area contributed by atoms with Crippen molar-refractivity contribution in [3.05, 3.63) is 144 Å². The van der Waals surface area contributed by atoms with Gasteiger partial charge >= 0.3 is 0 Å². The second-order valence-electron chi connectivity index (χ2n) is 11.2. The van der Waals surface area contributed by atoms with Crippen LogP contribution in [-0.2, 0) is 0 Å². The Labute approximate surface area is 231 Å². The number of rotatable bonds is 14. The fraction of sp³-hybridized carbons (Fsp3) is 0.351. The van der Waals surface area contributed by atoms with E-state index in [9.17, 15) is 0 Å². The predicted molar refractivity (Wildman–Crippen MR) is 163 cm³/mol. The van der Waals surface area contributed by atoms with E-state index in [1.54, 1.807) is 0 Å². The molecule has 0 unspecified atom stereocenters. The second kappa shape index (κ2) is 14.1. The zero-order valence-electron chi connectivity index (χ0n) is 23.6. The van der Waals surface area contributed by atoms with Crippen molar-refractivity contribution in [1.29, 1.82) is 0 Å². The number of benzene rings is 4. The van der Waals surface area contributed by atoms with Crippen LogP contribution in [0.3, 0.4) is 0 Å². The minimum Gasteiger partial charge on any atom is -0.276 e. The van der Waals surface area contributed by atoms with E-state index in [1.165, 1.54) is 60.8 Å². The van der Waals surface area contributed by atoms with Gasteiger partial charge in [0, 0.05) is 5.54 Å². The van der Waals surface area contributed by atoms with E-state index < -0.39 is 0 Å². The quantitative estimate of drug-likeness (QED) is 0.155. The van der Waals surface area contributed by atoms with Crippen LogP contribution in [0.2, 0.25) is 0 Å². The molecule has 0 spiro atoms. The summed E-state index contributed by atoms with van der Waals surface area (Å²) in [4.78, 5) is 2.81. The summed E-state index contributed by atoms with van der Waals surface area (Å²) in [7, 11) is 0. The van der Waals surface area contributed by atoms with Crippen LogP contribution in [-0.4, -0.2) is 10.4 Å². The molecule has 0 saturated heterocycles. The average molecular weight is 504 g/mol. The molecule has 0 amide bonds. The number of hydrogen-bond donors (Lipinski definition) is 0. The Balaban J connectivity index is 1.84. The van der Waals surface area contributed by atoms with Crippen LogP contribution in [0, 0.1) is 0 Å². The standard InChI is InChI=1S/C37H45N/c1-4-5-6-7-8-21-30-37(2,3)38(35(31-22-13-9-14-23-31)32-24-15-10-16-25-32)36(33-26-17-11-18-27-33)34-28-19-12-20-29-34/h9-20,22-29,35-36H,4-8,21,30H2,1-3H3. The molecule has 0 N–H and O–H groups in total. The summed E-state index contributed by atoms with van der Waals surface area (Å²) in [6.45, 7) is 7.23. The Morgan fingerprint density at radius 1 is 0.474 bits per heavy atom. The summed E-state index contributed by atoms with van der Waals surface area (Å²) >= 11 is 0. The van der Waals surface area contributed by atoms with E-state index >= 15 is 0 Å². The van der Waals surface area contributed by atoms with Gasteiger partial charge in [-0.1, -0.05) is 167 Å². The minimum absolute atomic E-state index is 0.0442. The summed E-state index contributed by atoms with van der Waals surface area (Å²) in [5.74, 6) is 0. The number of hydrogen-bond acceptors (Lipinski definition) is 1. The van der Waals surface area contributed by atoms with Gasteiger partial charge in [-0.25, -0.2) is 0 Å². The van der Waals surface area contributed by atoms with E-state index in [2.05, 4.69) is 147 Å². The lowest BCUT2D eigenvalue weighted by Gasteiger charge is -2.49. The third-order valence-corrected chi connectivity index (χ3v) is 7.86. The van der Waals surface area contributed by atoms with Crippen LogP contribution >= 0.6 is 0 Å². The Hall–Kier alpha value is -3.16. The van der Waals surface area contributed by atoms with Crippen molar-refractivity contribution in [3.63, 3.8) is 0 Å². The van der Waals surface area contributed by atoms with Gasteiger partial charge in [0.15, 0.2) is 0 Å². The first kappa shape index (κ1) is 27.9. The molecule has 1 heteroatoms. The predicted octanol–water partition coefficient (Wildman–Crippen LogP) is 10.4. The highest BCUT2D eigenvalue weighted by molar-refractivity contribution is 5.38. The molecule has 1 nitrogen and oxygen atoms in total. The summed E-state index contributed by atoms with van der Waals surface area (Å²) in [6, 6.07) is 44.7. The van der Waals surface area contributed by atoms with Crippen LogP contribution in [0.5, 0.6) is 0 Å². The van der Waals surface area contributed by atoms with E-state index in [1.807, 2.05) is 0 Å². The van der Waals surface area contributed by atoms with Crippen LogP contribution in [0.4, 0.5) is 0 Å². The van der Waals surface area contributed by atoms with Gasteiger partial charge < -0.3 is 0 Å². The fourth-order valence-electron chi connectivity index (χ4n) is 5.88. The normalized spacial score (nSPS) is 11.9. The molecule has 0 bridgehead atoms. The smallest absolute Gasteiger partial charge is 0.0615 e. The van der Waals surface area contributed by atoms with Crippen LogP contribution in [0.25, 0.3) is 0 Å². The van der Waals surface area contributed by atoms with Gasteiger partial charge in [-0.15, -0.1) is 0 Å². The van der Waals surface area contributed by atoms with Crippen molar-refractivity contribution < 1.29 is 0 Å². The lowest BCUT2D eigenvalue weighted by atomic mass is 9.83. The maximum atomic E-state index is 2.81. The largest absolute Gasteiger partial charge is 0.276 e. The van der Waals surface area contributed by atoms with E-state index in [-0.39, 0.29) is 17.6 Å². The Morgan fingerprint density at radius 2 is 0.789 bits per heavy atom. The van der Waals surface area contributed by atoms with Gasteiger partial charge in [-0.3, -0.25) is 4.90 Å². The summed E-state index contributed by atoms with van der Waals surface area (Å²) in [5.41, 5.74) is 5.31. The van der Waals surface area contributed by atoms with Gasteiger partial charge in [0.1, 0.15) is 0 Å². The van der Waals surface area contributed by atoms with Gasteiger partial charge in [0.25, 0.3) is 0 Å². The zero-order chi connectivity index (χ0) is 26.6. The maximum absolute atomic E-state index is 2.81. The van der Waals surface area contributed by atoms with E-state index in [4.69, 9.17) is 0 Å². The van der Waals surface area contributed by atoms with Gasteiger partial charge in [-0.2, -0.15) is 0 Å². The molecule has 0 fully saturated rings. The first-order valence-electron chi connectivity index (χ1n) is 14.6. The number of nitrogens with zero attached hydrogens (tertiary/aromatic N) is 1. The molecule has 0 aromatic heterocycles.